The SMILES string of the molecule is COC(=O)[C@@]12CCC[C@H]1CN(C(=O)Cc1c(C)noc1C)C2. The number of aromatic nitrogens is 1. The molecule has 6 nitrogen and oxygen atoms in total. The largest absolute Gasteiger partial charge is 0.469 e. The van der Waals surface area contributed by atoms with E-state index in [9.17, 15) is 9.59 Å². The van der Waals surface area contributed by atoms with E-state index in [1.54, 1.807) is 0 Å². The lowest BCUT2D eigenvalue weighted by Crippen LogP contribution is -2.38. The molecule has 6 heteroatoms. The molecule has 1 saturated heterocycles. The van der Waals surface area contributed by atoms with Gasteiger partial charge in [0.1, 0.15) is 5.76 Å². The van der Waals surface area contributed by atoms with Crippen LogP contribution in [0.4, 0.5) is 0 Å². The number of methoxy groups -OCH3 is 1. The average molecular weight is 306 g/mol. The van der Waals surface area contributed by atoms with E-state index in [0.29, 0.717) is 18.8 Å². The standard InChI is InChI=1S/C16H22N2O4/c1-10-13(11(2)22-17-10)7-14(19)18-8-12-5-4-6-16(12,9-18)15(20)21-3/h12H,4-9H2,1-3H3/t12-,16+/m0/s1. The van der Waals surface area contributed by atoms with E-state index >= 15 is 0 Å². The molecule has 0 bridgehead atoms. The summed E-state index contributed by atoms with van der Waals surface area (Å²) in [5, 5.41) is 3.89. The lowest BCUT2D eigenvalue weighted by molar-refractivity contribution is -0.153. The molecule has 1 amide bonds. The second kappa shape index (κ2) is 5.41. The van der Waals surface area contributed by atoms with Crippen LogP contribution in [0.25, 0.3) is 0 Å². The van der Waals surface area contributed by atoms with Crippen LogP contribution in [0.5, 0.6) is 0 Å². The number of likely N-dealkylation sites (tertiary alicyclic amines) is 1. The quantitative estimate of drug-likeness (QED) is 0.794. The van der Waals surface area contributed by atoms with Crippen molar-refractivity contribution in [3.63, 3.8) is 0 Å². The first-order chi connectivity index (χ1) is 10.5. The molecule has 1 saturated carbocycles. The third-order valence-electron chi connectivity index (χ3n) is 5.32. The van der Waals surface area contributed by atoms with Crippen LogP contribution >= 0.6 is 0 Å². The Kier molecular flexibility index (Phi) is 3.70. The number of carbonyl (C=O) groups excluding carboxylic acids is 2. The van der Waals surface area contributed by atoms with E-state index in [1.165, 1.54) is 7.11 Å². The van der Waals surface area contributed by atoms with E-state index in [1.807, 2.05) is 18.7 Å². The number of amides is 1. The van der Waals surface area contributed by atoms with Gasteiger partial charge in [-0.2, -0.15) is 0 Å². The van der Waals surface area contributed by atoms with Gasteiger partial charge in [0.2, 0.25) is 5.91 Å². The van der Waals surface area contributed by atoms with Crippen molar-refractivity contribution in [1.29, 1.82) is 0 Å². The van der Waals surface area contributed by atoms with Crippen molar-refractivity contribution in [2.45, 2.75) is 39.5 Å². The van der Waals surface area contributed by atoms with Gasteiger partial charge in [0.25, 0.3) is 0 Å². The van der Waals surface area contributed by atoms with Crippen LogP contribution in [0, 0.1) is 25.2 Å². The summed E-state index contributed by atoms with van der Waals surface area (Å²) in [5.74, 6) is 0.788. The Morgan fingerprint density at radius 2 is 2.23 bits per heavy atom. The van der Waals surface area contributed by atoms with E-state index in [-0.39, 0.29) is 24.2 Å². The second-order valence-electron chi connectivity index (χ2n) is 6.49. The number of rotatable bonds is 3. The normalized spacial score (nSPS) is 27.0. The number of hydrogen-bond donors (Lipinski definition) is 0. The molecule has 2 fully saturated rings. The van der Waals surface area contributed by atoms with Crippen LogP contribution in [0.2, 0.25) is 0 Å². The fourth-order valence-electron chi connectivity index (χ4n) is 4.03. The molecule has 0 spiro atoms. The number of nitrogens with zero attached hydrogens (tertiary/aromatic N) is 2. The van der Waals surface area contributed by atoms with Crippen LogP contribution in [-0.2, 0) is 20.7 Å². The first kappa shape index (κ1) is 15.1. The zero-order valence-corrected chi connectivity index (χ0v) is 13.3. The molecule has 0 aromatic carbocycles. The highest BCUT2D eigenvalue weighted by Crippen LogP contribution is 2.49. The molecule has 1 aromatic rings. The number of hydrogen-bond acceptors (Lipinski definition) is 5. The van der Waals surface area contributed by atoms with Crippen molar-refractivity contribution >= 4 is 11.9 Å². The number of carbonyl (C=O) groups is 2. The second-order valence-corrected chi connectivity index (χ2v) is 6.49. The Morgan fingerprint density at radius 1 is 1.45 bits per heavy atom. The minimum Gasteiger partial charge on any atom is -0.469 e. The first-order valence-corrected chi connectivity index (χ1v) is 7.76. The van der Waals surface area contributed by atoms with Crippen molar-refractivity contribution in [2.24, 2.45) is 11.3 Å². The van der Waals surface area contributed by atoms with Gasteiger partial charge in [-0.3, -0.25) is 9.59 Å². The van der Waals surface area contributed by atoms with Gasteiger partial charge in [0.15, 0.2) is 0 Å². The average Bonchev–Trinajstić information content (AvgIpc) is 3.14. The summed E-state index contributed by atoms with van der Waals surface area (Å²) >= 11 is 0. The minimum atomic E-state index is -0.483. The number of fused-ring (bicyclic) bond motifs is 1. The maximum atomic E-state index is 12.6. The Hall–Kier alpha value is -1.85. The highest BCUT2D eigenvalue weighted by molar-refractivity contribution is 5.83. The van der Waals surface area contributed by atoms with Crippen molar-refractivity contribution in [3.05, 3.63) is 17.0 Å². The lowest BCUT2D eigenvalue weighted by Gasteiger charge is -2.25. The van der Waals surface area contributed by atoms with Gasteiger partial charge in [-0.15, -0.1) is 0 Å². The summed E-state index contributed by atoms with van der Waals surface area (Å²) in [5.41, 5.74) is 1.13. The highest BCUT2D eigenvalue weighted by Gasteiger charge is 2.56. The van der Waals surface area contributed by atoms with Crippen molar-refractivity contribution in [2.75, 3.05) is 20.2 Å². The van der Waals surface area contributed by atoms with Crippen molar-refractivity contribution < 1.29 is 18.8 Å². The smallest absolute Gasteiger partial charge is 0.313 e. The molecule has 22 heavy (non-hydrogen) atoms. The molecular weight excluding hydrogens is 284 g/mol. The zero-order chi connectivity index (χ0) is 15.9. The molecule has 0 N–H and O–H groups in total. The Balaban J connectivity index is 1.75. The molecule has 1 aliphatic heterocycles. The molecule has 2 aliphatic rings. The highest BCUT2D eigenvalue weighted by atomic mass is 16.5. The summed E-state index contributed by atoms with van der Waals surface area (Å²) in [6, 6.07) is 0. The molecule has 0 unspecified atom stereocenters. The molecule has 2 heterocycles. The summed E-state index contributed by atoms with van der Waals surface area (Å²) in [4.78, 5) is 26.6. The van der Waals surface area contributed by atoms with Crippen LogP contribution < -0.4 is 0 Å². The molecule has 2 atom stereocenters. The first-order valence-electron chi connectivity index (χ1n) is 7.76. The van der Waals surface area contributed by atoms with Crippen molar-refractivity contribution in [3.8, 4) is 0 Å². The number of ether oxygens (including phenoxy) is 1. The Labute approximate surface area is 129 Å². The van der Waals surface area contributed by atoms with E-state index < -0.39 is 5.41 Å². The lowest BCUT2D eigenvalue weighted by atomic mass is 9.81. The zero-order valence-electron chi connectivity index (χ0n) is 13.3. The summed E-state index contributed by atoms with van der Waals surface area (Å²) in [6.45, 7) is 4.79. The van der Waals surface area contributed by atoms with E-state index in [4.69, 9.17) is 9.26 Å². The maximum Gasteiger partial charge on any atom is 0.313 e. The van der Waals surface area contributed by atoms with Crippen LogP contribution in [0.1, 0.15) is 36.3 Å². The van der Waals surface area contributed by atoms with Gasteiger partial charge < -0.3 is 14.2 Å². The molecule has 1 aromatic heterocycles. The van der Waals surface area contributed by atoms with Gasteiger partial charge in [-0.25, -0.2) is 0 Å². The third kappa shape index (κ3) is 2.21. The fourth-order valence-corrected chi connectivity index (χ4v) is 4.03. The Morgan fingerprint density at radius 3 is 2.86 bits per heavy atom. The molecular formula is C16H22N2O4. The minimum absolute atomic E-state index is 0.0343. The van der Waals surface area contributed by atoms with Gasteiger partial charge in [-0.1, -0.05) is 11.6 Å². The summed E-state index contributed by atoms with van der Waals surface area (Å²) < 4.78 is 10.1. The van der Waals surface area contributed by atoms with Gasteiger partial charge >= 0.3 is 5.97 Å². The predicted octanol–water partition coefficient (Wildman–Crippen LogP) is 1.64. The van der Waals surface area contributed by atoms with E-state index in [0.717, 1.165) is 30.5 Å². The predicted molar refractivity (Wildman–Crippen MR) is 78.1 cm³/mol. The Bertz CT molecular complexity index is 590. The number of aryl methyl sites for hydroxylation is 2. The monoisotopic (exact) mass is 306 g/mol. The summed E-state index contributed by atoms with van der Waals surface area (Å²) in [6.07, 6.45) is 3.13. The third-order valence-corrected chi connectivity index (χ3v) is 5.32. The maximum absolute atomic E-state index is 12.6. The van der Waals surface area contributed by atoms with Crippen LogP contribution in [-0.4, -0.2) is 42.1 Å². The number of esters is 1. The molecule has 3 rings (SSSR count). The molecule has 0 radical (unpaired) electrons. The topological polar surface area (TPSA) is 72.6 Å². The van der Waals surface area contributed by atoms with Crippen LogP contribution in [0.3, 0.4) is 0 Å². The van der Waals surface area contributed by atoms with Gasteiger partial charge in [-0.05, 0) is 32.6 Å². The molecule has 1 aliphatic carbocycles. The molecule has 120 valence electrons. The van der Waals surface area contributed by atoms with Crippen molar-refractivity contribution in [1.82, 2.24) is 10.1 Å². The van der Waals surface area contributed by atoms with Crippen LogP contribution in [0.15, 0.2) is 4.52 Å². The van der Waals surface area contributed by atoms with Gasteiger partial charge in [0.05, 0.1) is 24.6 Å². The van der Waals surface area contributed by atoms with E-state index in [2.05, 4.69) is 5.16 Å². The van der Waals surface area contributed by atoms with Gasteiger partial charge in [0, 0.05) is 18.7 Å². The fraction of sp³-hybridized carbons (Fsp3) is 0.688. The summed E-state index contributed by atoms with van der Waals surface area (Å²) in [7, 11) is 1.43.